The maximum absolute atomic E-state index is 11.5. The van der Waals surface area contributed by atoms with Gasteiger partial charge in [-0.05, 0) is 6.42 Å². The first kappa shape index (κ1) is 14.8. The Morgan fingerprint density at radius 3 is 2.94 bits per heavy atom. The summed E-state index contributed by atoms with van der Waals surface area (Å²) in [4.78, 5) is 4.14. The Kier molecular flexibility index (Phi) is 5.81. The van der Waals surface area contributed by atoms with E-state index in [4.69, 9.17) is 0 Å². The van der Waals surface area contributed by atoms with Crippen molar-refractivity contribution in [2.75, 3.05) is 25.4 Å². The molecule has 0 aromatic carbocycles. The van der Waals surface area contributed by atoms with Crippen molar-refractivity contribution < 1.29 is 8.42 Å². The molecule has 2 heterocycles. The summed E-state index contributed by atoms with van der Waals surface area (Å²) in [6, 6.07) is 0. The number of thiazole rings is 1. The first-order chi connectivity index (χ1) is 7.68. The van der Waals surface area contributed by atoms with Crippen LogP contribution < -0.4 is 5.32 Å². The third-order valence-corrected chi connectivity index (χ3v) is 5.12. The van der Waals surface area contributed by atoms with Crippen LogP contribution in [0.1, 0.15) is 12.1 Å². The number of nitrogens with zero attached hydrogens (tertiary/aromatic N) is 2. The van der Waals surface area contributed by atoms with Gasteiger partial charge in [0.15, 0.2) is 0 Å². The number of rotatable bonds is 5. The molecular weight excluding hydrogens is 282 g/mol. The maximum atomic E-state index is 11.5. The predicted octanol–water partition coefficient (Wildman–Crippen LogP) is 0.690. The van der Waals surface area contributed by atoms with Crippen LogP contribution in [-0.2, 0) is 16.6 Å². The highest BCUT2D eigenvalue weighted by Gasteiger charge is 2.27. The molecule has 1 N–H and O–H groups in total. The summed E-state index contributed by atoms with van der Waals surface area (Å²) in [7, 11) is -2.94. The Morgan fingerprint density at radius 2 is 2.35 bits per heavy atom. The van der Waals surface area contributed by atoms with E-state index in [1.807, 2.05) is 5.38 Å². The highest BCUT2D eigenvalue weighted by Crippen LogP contribution is 2.11. The molecule has 0 bridgehead atoms. The highest BCUT2D eigenvalue weighted by atomic mass is 35.5. The monoisotopic (exact) mass is 297 g/mol. The molecule has 2 rings (SSSR count). The molecule has 0 aliphatic carbocycles. The summed E-state index contributed by atoms with van der Waals surface area (Å²) >= 11 is 1.57. The van der Waals surface area contributed by atoms with Crippen molar-refractivity contribution in [2.24, 2.45) is 0 Å². The fraction of sp³-hybridized carbons (Fsp3) is 0.667. The molecule has 8 heteroatoms. The van der Waals surface area contributed by atoms with Crippen LogP contribution in [0.5, 0.6) is 0 Å². The van der Waals surface area contributed by atoms with Gasteiger partial charge in [-0.1, -0.05) is 0 Å². The number of hydrogen-bond donors (Lipinski definition) is 1. The molecule has 1 fully saturated rings. The van der Waals surface area contributed by atoms with E-state index in [1.54, 1.807) is 21.2 Å². The Morgan fingerprint density at radius 1 is 1.53 bits per heavy atom. The van der Waals surface area contributed by atoms with E-state index < -0.39 is 10.0 Å². The van der Waals surface area contributed by atoms with E-state index >= 15 is 0 Å². The summed E-state index contributed by atoms with van der Waals surface area (Å²) in [5.74, 6) is 0.305. The second-order valence-electron chi connectivity index (χ2n) is 3.73. The minimum atomic E-state index is -2.94. The quantitative estimate of drug-likeness (QED) is 0.812. The number of halogens is 1. The van der Waals surface area contributed by atoms with Gasteiger partial charge in [0.25, 0.3) is 0 Å². The van der Waals surface area contributed by atoms with Gasteiger partial charge in [-0.3, -0.25) is 0 Å². The van der Waals surface area contributed by atoms with Gasteiger partial charge in [0.1, 0.15) is 0 Å². The normalized spacial score (nSPS) is 19.1. The van der Waals surface area contributed by atoms with E-state index in [-0.39, 0.29) is 12.4 Å². The fourth-order valence-corrected chi connectivity index (χ4v) is 3.77. The summed E-state index contributed by atoms with van der Waals surface area (Å²) < 4.78 is 24.5. The molecule has 1 aliphatic heterocycles. The van der Waals surface area contributed by atoms with Crippen molar-refractivity contribution in [1.29, 1.82) is 0 Å². The van der Waals surface area contributed by atoms with Crippen LogP contribution in [-0.4, -0.2) is 43.1 Å². The summed E-state index contributed by atoms with van der Waals surface area (Å²) in [6.07, 6.45) is 0.758. The van der Waals surface area contributed by atoms with Crippen molar-refractivity contribution in [1.82, 2.24) is 14.6 Å². The molecule has 0 radical (unpaired) electrons. The molecule has 1 aliphatic rings. The van der Waals surface area contributed by atoms with Gasteiger partial charge in [-0.25, -0.2) is 17.7 Å². The molecule has 0 saturated carbocycles. The summed E-state index contributed by atoms with van der Waals surface area (Å²) in [6.45, 7) is 2.61. The zero-order valence-corrected chi connectivity index (χ0v) is 11.8. The second kappa shape index (κ2) is 6.65. The molecule has 1 saturated heterocycles. The molecule has 1 aromatic rings. The van der Waals surface area contributed by atoms with Gasteiger partial charge in [0.05, 0.1) is 17.0 Å². The Balaban J connectivity index is 0.00000144. The van der Waals surface area contributed by atoms with Crippen molar-refractivity contribution in [3.63, 3.8) is 0 Å². The topological polar surface area (TPSA) is 62.3 Å². The maximum Gasteiger partial charge on any atom is 0.214 e. The van der Waals surface area contributed by atoms with Crippen molar-refractivity contribution in [3.05, 3.63) is 16.6 Å². The van der Waals surface area contributed by atoms with Gasteiger partial charge < -0.3 is 5.32 Å². The molecule has 0 unspecified atom stereocenters. The lowest BCUT2D eigenvalue weighted by Crippen LogP contribution is -2.33. The molecule has 5 nitrogen and oxygen atoms in total. The van der Waals surface area contributed by atoms with E-state index in [9.17, 15) is 8.42 Å². The summed E-state index contributed by atoms with van der Waals surface area (Å²) in [5, 5.41) is 5.18. The zero-order valence-electron chi connectivity index (χ0n) is 9.33. The minimum absolute atomic E-state index is 0. The van der Waals surface area contributed by atoms with Crippen LogP contribution in [0.25, 0.3) is 0 Å². The van der Waals surface area contributed by atoms with Gasteiger partial charge >= 0.3 is 0 Å². The van der Waals surface area contributed by atoms with E-state index in [0.717, 1.165) is 12.1 Å². The summed E-state index contributed by atoms with van der Waals surface area (Å²) in [5.41, 5.74) is 2.80. The van der Waals surface area contributed by atoms with Crippen LogP contribution in [0.4, 0.5) is 0 Å². The van der Waals surface area contributed by atoms with Crippen LogP contribution in [0, 0.1) is 0 Å². The van der Waals surface area contributed by atoms with Gasteiger partial charge in [-0.2, -0.15) is 0 Å². The van der Waals surface area contributed by atoms with Crippen LogP contribution in [0.2, 0.25) is 0 Å². The van der Waals surface area contributed by atoms with Crippen LogP contribution in [0.15, 0.2) is 10.9 Å². The lowest BCUT2D eigenvalue weighted by Gasteiger charge is -2.13. The van der Waals surface area contributed by atoms with Gasteiger partial charge in [0.2, 0.25) is 10.0 Å². The molecule has 0 amide bonds. The molecule has 98 valence electrons. The smallest absolute Gasteiger partial charge is 0.214 e. The highest BCUT2D eigenvalue weighted by molar-refractivity contribution is 7.89. The fourth-order valence-electron chi connectivity index (χ4n) is 1.69. The van der Waals surface area contributed by atoms with E-state index in [0.29, 0.717) is 31.9 Å². The first-order valence-corrected chi connectivity index (χ1v) is 7.79. The molecule has 0 atom stereocenters. The van der Waals surface area contributed by atoms with E-state index in [2.05, 4.69) is 10.3 Å². The minimum Gasteiger partial charge on any atom is -0.310 e. The third-order valence-electron chi connectivity index (χ3n) is 2.53. The van der Waals surface area contributed by atoms with Crippen molar-refractivity contribution in [2.45, 2.75) is 13.0 Å². The average Bonchev–Trinajstić information content (AvgIpc) is 2.83. The number of aromatic nitrogens is 1. The molecule has 0 spiro atoms. The SMILES string of the molecule is Cl.O=S1(=O)CCCN1CCNCc1cscn1. The Hall–Kier alpha value is -0.210. The standard InChI is InChI=1S/C9H15N3O2S2.ClH/c13-16(14)5-1-3-12(16)4-2-10-6-9-7-15-8-11-9;/h7-8,10H,1-6H2;1H. The molecule has 17 heavy (non-hydrogen) atoms. The largest absolute Gasteiger partial charge is 0.310 e. The van der Waals surface area contributed by atoms with Gasteiger partial charge in [0, 0.05) is 31.6 Å². The number of nitrogens with one attached hydrogen (secondary N) is 1. The van der Waals surface area contributed by atoms with Crippen molar-refractivity contribution in [3.8, 4) is 0 Å². The van der Waals surface area contributed by atoms with Crippen LogP contribution in [0.3, 0.4) is 0 Å². The zero-order chi connectivity index (χ0) is 11.4. The third kappa shape index (κ3) is 4.18. The Labute approximate surface area is 112 Å². The lowest BCUT2D eigenvalue weighted by molar-refractivity contribution is 0.433. The second-order valence-corrected chi connectivity index (χ2v) is 6.53. The lowest BCUT2D eigenvalue weighted by atomic mass is 10.4. The Bertz CT molecular complexity index is 421. The van der Waals surface area contributed by atoms with Crippen molar-refractivity contribution >= 4 is 33.8 Å². The van der Waals surface area contributed by atoms with E-state index in [1.165, 1.54) is 0 Å². The number of sulfonamides is 1. The molecule has 1 aromatic heterocycles. The number of hydrogen-bond acceptors (Lipinski definition) is 5. The van der Waals surface area contributed by atoms with Crippen LogP contribution >= 0.6 is 23.7 Å². The molecular formula is C9H16ClN3O2S2. The van der Waals surface area contributed by atoms with Gasteiger partial charge in [-0.15, -0.1) is 23.7 Å². The average molecular weight is 298 g/mol. The first-order valence-electron chi connectivity index (χ1n) is 5.24. The predicted molar refractivity (Wildman–Crippen MR) is 71.0 cm³/mol.